The van der Waals surface area contributed by atoms with Gasteiger partial charge in [0.2, 0.25) is 0 Å². The maximum absolute atomic E-state index is 11.7. The summed E-state index contributed by atoms with van der Waals surface area (Å²) in [6, 6.07) is 6.02. The maximum Gasteiger partial charge on any atom is 0.287 e. The number of furan rings is 1. The minimum atomic E-state index is -0.371. The van der Waals surface area contributed by atoms with E-state index in [2.05, 4.69) is 10.6 Å². The van der Waals surface area contributed by atoms with Crippen molar-refractivity contribution in [2.45, 2.75) is 0 Å². The molecule has 128 valence electrons. The average Bonchev–Trinajstić information content (AvgIpc) is 3.08. The molecule has 0 aliphatic rings. The van der Waals surface area contributed by atoms with Crippen LogP contribution >= 0.6 is 34.8 Å². The molecular formula is C15H13Cl3N2O4. The van der Waals surface area contributed by atoms with Crippen LogP contribution in [-0.2, 0) is 4.79 Å². The second-order valence-corrected chi connectivity index (χ2v) is 5.79. The van der Waals surface area contributed by atoms with Gasteiger partial charge < -0.3 is 19.8 Å². The van der Waals surface area contributed by atoms with Gasteiger partial charge in [0.25, 0.3) is 11.8 Å². The third-order valence-corrected chi connectivity index (χ3v) is 3.83. The fourth-order valence-corrected chi connectivity index (χ4v) is 2.27. The quantitative estimate of drug-likeness (QED) is 0.561. The minimum Gasteiger partial charge on any atom is -0.482 e. The summed E-state index contributed by atoms with van der Waals surface area (Å²) >= 11 is 17.6. The normalized spacial score (nSPS) is 10.3. The highest BCUT2D eigenvalue weighted by Crippen LogP contribution is 2.33. The van der Waals surface area contributed by atoms with Crippen LogP contribution in [-0.4, -0.2) is 31.5 Å². The fourth-order valence-electron chi connectivity index (χ4n) is 1.68. The van der Waals surface area contributed by atoms with Crippen LogP contribution in [0.15, 0.2) is 34.9 Å². The maximum atomic E-state index is 11.7. The van der Waals surface area contributed by atoms with Crippen LogP contribution in [0, 0.1) is 0 Å². The van der Waals surface area contributed by atoms with Crippen molar-refractivity contribution in [3.8, 4) is 5.75 Å². The van der Waals surface area contributed by atoms with Gasteiger partial charge in [-0.25, -0.2) is 0 Å². The van der Waals surface area contributed by atoms with Gasteiger partial charge in [0.1, 0.15) is 5.75 Å². The highest BCUT2D eigenvalue weighted by Gasteiger charge is 2.10. The van der Waals surface area contributed by atoms with Crippen molar-refractivity contribution in [1.29, 1.82) is 0 Å². The molecule has 0 aliphatic heterocycles. The van der Waals surface area contributed by atoms with Crippen LogP contribution in [0.1, 0.15) is 10.6 Å². The van der Waals surface area contributed by atoms with Gasteiger partial charge in [-0.1, -0.05) is 34.8 Å². The van der Waals surface area contributed by atoms with E-state index in [0.29, 0.717) is 5.02 Å². The summed E-state index contributed by atoms with van der Waals surface area (Å²) in [7, 11) is 0. The first kappa shape index (κ1) is 18.4. The van der Waals surface area contributed by atoms with E-state index < -0.39 is 0 Å². The second-order valence-electron chi connectivity index (χ2n) is 4.57. The molecular weight excluding hydrogens is 379 g/mol. The van der Waals surface area contributed by atoms with Crippen molar-refractivity contribution in [2.24, 2.45) is 0 Å². The van der Waals surface area contributed by atoms with Gasteiger partial charge in [-0.2, -0.15) is 0 Å². The van der Waals surface area contributed by atoms with Crippen molar-refractivity contribution >= 4 is 46.6 Å². The molecule has 2 rings (SSSR count). The number of carbonyl (C=O) groups is 2. The van der Waals surface area contributed by atoms with Gasteiger partial charge in [-0.05, 0) is 18.2 Å². The molecule has 2 N–H and O–H groups in total. The van der Waals surface area contributed by atoms with Crippen molar-refractivity contribution in [3.63, 3.8) is 0 Å². The zero-order chi connectivity index (χ0) is 17.5. The Kier molecular flexibility index (Phi) is 6.78. The molecule has 0 spiro atoms. The monoisotopic (exact) mass is 390 g/mol. The second kappa shape index (κ2) is 8.82. The lowest BCUT2D eigenvalue weighted by molar-refractivity contribution is -0.123. The van der Waals surface area contributed by atoms with Crippen molar-refractivity contribution in [3.05, 3.63) is 51.4 Å². The Balaban J connectivity index is 1.68. The summed E-state index contributed by atoms with van der Waals surface area (Å²) in [5.74, 6) is -0.260. The zero-order valence-electron chi connectivity index (χ0n) is 12.3. The van der Waals surface area contributed by atoms with Crippen molar-refractivity contribution in [1.82, 2.24) is 10.6 Å². The van der Waals surface area contributed by atoms with E-state index in [-0.39, 0.29) is 53.1 Å². The summed E-state index contributed by atoms with van der Waals surface area (Å²) in [5, 5.41) is 6.01. The number of nitrogens with one attached hydrogen (secondary N) is 2. The molecule has 0 aliphatic carbocycles. The molecule has 9 heteroatoms. The predicted octanol–water partition coefficient (Wildman–Crippen LogP) is 3.16. The molecule has 0 saturated heterocycles. The summed E-state index contributed by atoms with van der Waals surface area (Å²) in [4.78, 5) is 23.3. The van der Waals surface area contributed by atoms with E-state index in [1.165, 1.54) is 18.4 Å². The van der Waals surface area contributed by atoms with E-state index in [9.17, 15) is 9.59 Å². The zero-order valence-corrected chi connectivity index (χ0v) is 14.5. The number of amides is 2. The van der Waals surface area contributed by atoms with Crippen LogP contribution in [0.5, 0.6) is 5.75 Å². The van der Waals surface area contributed by atoms with Gasteiger partial charge >= 0.3 is 0 Å². The molecule has 0 bridgehead atoms. The van der Waals surface area contributed by atoms with Gasteiger partial charge in [-0.15, -0.1) is 0 Å². The van der Waals surface area contributed by atoms with E-state index in [0.717, 1.165) is 0 Å². The molecule has 0 unspecified atom stereocenters. The summed E-state index contributed by atoms with van der Waals surface area (Å²) in [5.41, 5.74) is 0. The molecule has 2 aromatic rings. The van der Waals surface area contributed by atoms with Gasteiger partial charge in [-0.3, -0.25) is 9.59 Å². The van der Waals surface area contributed by atoms with Crippen LogP contribution in [0.2, 0.25) is 15.1 Å². The SMILES string of the molecule is O=C(COc1cc(Cl)c(Cl)cc1Cl)NCCNC(=O)c1ccco1. The Hall–Kier alpha value is -1.89. The van der Waals surface area contributed by atoms with Crippen LogP contribution < -0.4 is 15.4 Å². The van der Waals surface area contributed by atoms with E-state index in [1.54, 1.807) is 12.1 Å². The number of hydrogen-bond donors (Lipinski definition) is 2. The highest BCUT2D eigenvalue weighted by molar-refractivity contribution is 6.43. The third-order valence-electron chi connectivity index (χ3n) is 2.81. The predicted molar refractivity (Wildman–Crippen MR) is 91.0 cm³/mol. The number of rotatable bonds is 7. The average molecular weight is 392 g/mol. The van der Waals surface area contributed by atoms with Crippen LogP contribution in [0.3, 0.4) is 0 Å². The molecule has 1 heterocycles. The number of benzene rings is 1. The van der Waals surface area contributed by atoms with Gasteiger partial charge in [0, 0.05) is 19.2 Å². The molecule has 0 atom stereocenters. The van der Waals surface area contributed by atoms with E-state index >= 15 is 0 Å². The van der Waals surface area contributed by atoms with Gasteiger partial charge in [0.15, 0.2) is 12.4 Å². The molecule has 0 fully saturated rings. The fraction of sp³-hybridized carbons (Fsp3) is 0.200. The number of halogens is 3. The standard InChI is InChI=1S/C15H13Cl3N2O4/c16-9-6-11(18)13(7-10(9)17)24-8-14(21)19-3-4-20-15(22)12-2-1-5-23-12/h1-2,5-7H,3-4,8H2,(H,19,21)(H,20,22). The topological polar surface area (TPSA) is 80.6 Å². The van der Waals surface area contributed by atoms with Crippen LogP contribution in [0.25, 0.3) is 0 Å². The Labute approximate surface area is 153 Å². The smallest absolute Gasteiger partial charge is 0.287 e. The summed E-state index contributed by atoms with van der Waals surface area (Å²) < 4.78 is 10.2. The molecule has 24 heavy (non-hydrogen) atoms. The lowest BCUT2D eigenvalue weighted by Crippen LogP contribution is -2.36. The minimum absolute atomic E-state index is 0.207. The van der Waals surface area contributed by atoms with Crippen molar-refractivity contribution in [2.75, 3.05) is 19.7 Å². The molecule has 0 radical (unpaired) electrons. The van der Waals surface area contributed by atoms with Crippen molar-refractivity contribution < 1.29 is 18.7 Å². The Morgan fingerprint density at radius 2 is 1.75 bits per heavy atom. The third kappa shape index (κ3) is 5.33. The first-order valence-electron chi connectivity index (χ1n) is 6.83. The molecule has 6 nitrogen and oxygen atoms in total. The summed E-state index contributed by atoms with van der Waals surface area (Å²) in [6.07, 6.45) is 1.40. The Bertz CT molecular complexity index is 720. The first-order valence-corrected chi connectivity index (χ1v) is 7.96. The molecule has 2 amide bonds. The van der Waals surface area contributed by atoms with Crippen LogP contribution in [0.4, 0.5) is 0 Å². The number of ether oxygens (including phenoxy) is 1. The Morgan fingerprint density at radius 3 is 2.46 bits per heavy atom. The molecule has 1 aromatic heterocycles. The first-order chi connectivity index (χ1) is 11.5. The summed E-state index contributed by atoms with van der Waals surface area (Å²) in [6.45, 7) is 0.242. The van der Waals surface area contributed by atoms with E-state index in [4.69, 9.17) is 44.0 Å². The Morgan fingerprint density at radius 1 is 1.04 bits per heavy atom. The molecule has 0 saturated carbocycles. The number of carbonyl (C=O) groups excluding carboxylic acids is 2. The molecule has 1 aromatic carbocycles. The van der Waals surface area contributed by atoms with Gasteiger partial charge in [0.05, 0.1) is 21.3 Å². The van der Waals surface area contributed by atoms with E-state index in [1.807, 2.05) is 0 Å². The highest BCUT2D eigenvalue weighted by atomic mass is 35.5. The lowest BCUT2D eigenvalue weighted by atomic mass is 10.3. The largest absolute Gasteiger partial charge is 0.482 e. The number of hydrogen-bond acceptors (Lipinski definition) is 4. The lowest BCUT2D eigenvalue weighted by Gasteiger charge is -2.10.